The summed E-state index contributed by atoms with van der Waals surface area (Å²) in [6.07, 6.45) is -10.9. The molecule has 1 fully saturated rings. The van der Waals surface area contributed by atoms with Gasteiger partial charge in [-0.25, -0.2) is 4.79 Å². The highest BCUT2D eigenvalue weighted by Gasteiger charge is 2.71. The maximum absolute atomic E-state index is 13.7. The van der Waals surface area contributed by atoms with Gasteiger partial charge in [0.1, 0.15) is 35.6 Å². The van der Waals surface area contributed by atoms with Gasteiger partial charge >= 0.3 is 18.4 Å². The Hall–Kier alpha value is -5.57. The van der Waals surface area contributed by atoms with Gasteiger partial charge in [0.2, 0.25) is 0 Å². The second-order valence-corrected chi connectivity index (χ2v) is 12.9. The first-order valence-corrected chi connectivity index (χ1v) is 17.0. The zero-order valence-electron chi connectivity index (χ0n) is 28.7. The van der Waals surface area contributed by atoms with Gasteiger partial charge in [-0.2, -0.15) is 26.3 Å². The van der Waals surface area contributed by atoms with Crippen molar-refractivity contribution in [2.24, 2.45) is 0 Å². The molecule has 4 aromatic carbocycles. The number of urea groups is 1. The molecule has 2 N–H and O–H groups in total. The highest BCUT2D eigenvalue weighted by Crippen LogP contribution is 2.51. The molecule has 0 radical (unpaired) electrons. The molecule has 2 aliphatic rings. The van der Waals surface area contributed by atoms with E-state index < -0.39 is 53.8 Å². The van der Waals surface area contributed by atoms with E-state index in [1.165, 1.54) is 18.2 Å². The van der Waals surface area contributed by atoms with Crippen LogP contribution in [-0.4, -0.2) is 59.3 Å². The molecule has 0 aromatic heterocycles. The van der Waals surface area contributed by atoms with Gasteiger partial charge in [0, 0.05) is 24.5 Å². The molecule has 9 nitrogen and oxygen atoms in total. The molecular weight excluding hydrogens is 722 g/mol. The van der Waals surface area contributed by atoms with Crippen LogP contribution in [0.3, 0.4) is 0 Å². The van der Waals surface area contributed by atoms with Gasteiger partial charge in [-0.05, 0) is 59.0 Å². The van der Waals surface area contributed by atoms with E-state index in [0.29, 0.717) is 25.2 Å². The van der Waals surface area contributed by atoms with Crippen LogP contribution in [-0.2, 0) is 36.3 Å². The van der Waals surface area contributed by atoms with Crippen molar-refractivity contribution in [1.82, 2.24) is 10.2 Å². The van der Waals surface area contributed by atoms with Gasteiger partial charge in [-0.3, -0.25) is 14.5 Å². The van der Waals surface area contributed by atoms with E-state index in [4.69, 9.17) is 14.2 Å². The number of aliphatic hydroxyl groups is 1. The number of ketones is 1. The van der Waals surface area contributed by atoms with E-state index in [0.717, 1.165) is 39.8 Å². The van der Waals surface area contributed by atoms with E-state index in [2.05, 4.69) is 5.32 Å². The second-order valence-electron chi connectivity index (χ2n) is 12.9. The number of carbonyl (C=O) groups is 3. The summed E-state index contributed by atoms with van der Waals surface area (Å²) in [6.45, 7) is 1.57. The second kappa shape index (κ2) is 15.0. The summed E-state index contributed by atoms with van der Waals surface area (Å²) in [5.41, 5.74) is -4.07. The van der Waals surface area contributed by atoms with Gasteiger partial charge in [0.05, 0.1) is 18.7 Å². The molecule has 1 unspecified atom stereocenters. The van der Waals surface area contributed by atoms with Gasteiger partial charge in [-0.15, -0.1) is 0 Å². The Morgan fingerprint density at radius 1 is 0.907 bits per heavy atom. The Balaban J connectivity index is 1.25. The number of halogens is 6. The summed E-state index contributed by atoms with van der Waals surface area (Å²) >= 11 is 0. The maximum atomic E-state index is 13.7. The third-order valence-electron chi connectivity index (χ3n) is 9.14. The Labute approximate surface area is 305 Å². The van der Waals surface area contributed by atoms with Crippen LogP contribution in [0.2, 0.25) is 0 Å². The van der Waals surface area contributed by atoms with Crippen molar-refractivity contribution in [2.45, 2.75) is 63.2 Å². The first-order chi connectivity index (χ1) is 25.6. The van der Waals surface area contributed by atoms with E-state index in [9.17, 15) is 45.8 Å². The predicted molar refractivity (Wildman–Crippen MR) is 181 cm³/mol. The molecular formula is C39H34F6N2O7. The number of ether oxygens (including phenoxy) is 3. The summed E-state index contributed by atoms with van der Waals surface area (Å²) < 4.78 is 99.2. The quantitative estimate of drug-likeness (QED) is 0.0821. The minimum absolute atomic E-state index is 0.00326. The normalized spacial score (nSPS) is 15.9. The smallest absolute Gasteiger partial charge is 0.430 e. The number of amides is 3. The lowest BCUT2D eigenvalue weighted by Crippen LogP contribution is -2.53. The fraction of sp³-hybridized carbons (Fsp3) is 0.308. The van der Waals surface area contributed by atoms with Gasteiger partial charge in [0.15, 0.2) is 5.78 Å². The first kappa shape index (κ1) is 38.2. The molecule has 0 saturated carbocycles. The number of hydrogen-bond donors (Lipinski definition) is 2. The third-order valence-corrected chi connectivity index (χ3v) is 9.14. The lowest BCUT2D eigenvalue weighted by molar-refractivity contribution is -0.376. The highest BCUT2D eigenvalue weighted by molar-refractivity contribution is 6.10. The molecule has 284 valence electrons. The zero-order chi connectivity index (χ0) is 38.8. The van der Waals surface area contributed by atoms with Crippen LogP contribution in [0.1, 0.15) is 51.5 Å². The van der Waals surface area contributed by atoms with Crippen molar-refractivity contribution in [1.29, 1.82) is 0 Å². The van der Waals surface area contributed by atoms with E-state index in [1.54, 1.807) is 37.3 Å². The number of alkyl halides is 6. The number of Topliss-reactive ketones (excluding diaryl/α,β-unsaturated/α-hetero) is 1. The molecule has 15 heteroatoms. The van der Waals surface area contributed by atoms with Gasteiger partial charge in [0.25, 0.3) is 11.5 Å². The number of aryl methyl sites for hydroxylation is 1. The van der Waals surface area contributed by atoms with Crippen molar-refractivity contribution >= 4 is 17.7 Å². The average molecular weight is 757 g/mol. The fourth-order valence-corrected chi connectivity index (χ4v) is 6.33. The number of benzene rings is 4. The van der Waals surface area contributed by atoms with Crippen molar-refractivity contribution in [3.05, 3.63) is 118 Å². The van der Waals surface area contributed by atoms with Crippen LogP contribution in [0.25, 0.3) is 0 Å². The van der Waals surface area contributed by atoms with Crippen LogP contribution < -0.4 is 19.5 Å². The largest absolute Gasteiger partial charge is 0.493 e. The number of hydrogen-bond acceptors (Lipinski definition) is 7. The monoisotopic (exact) mass is 756 g/mol. The average Bonchev–Trinajstić information content (AvgIpc) is 3.70. The molecule has 2 aliphatic heterocycles. The standard InChI is InChI=1S/C39H34F6N2O7/c1-2-6-25-19-27(37(51,38(40,41)42)39(43,44)45)10-14-33(25)54-28-11-12-29(34(20-28)53-22-23-7-4-3-5-8-23)31(48)21-47-35(49)30(46-36(47)50)18-24-9-13-32-26(17-24)15-16-52-32/h3-5,7-14,17,19-20,30,51H,2,6,15-16,18,21-22H2,1H3,(H,46,50). The summed E-state index contributed by atoms with van der Waals surface area (Å²) in [7, 11) is 0. The van der Waals surface area contributed by atoms with Crippen LogP contribution in [0.15, 0.2) is 84.9 Å². The van der Waals surface area contributed by atoms with E-state index in [1.807, 2.05) is 18.2 Å². The van der Waals surface area contributed by atoms with Crippen LogP contribution >= 0.6 is 0 Å². The molecule has 54 heavy (non-hydrogen) atoms. The number of carbonyl (C=O) groups excluding carboxylic acids is 3. The van der Waals surface area contributed by atoms with Gasteiger partial charge < -0.3 is 24.6 Å². The lowest BCUT2D eigenvalue weighted by Gasteiger charge is -2.33. The molecule has 1 saturated heterocycles. The zero-order valence-corrected chi connectivity index (χ0v) is 28.7. The predicted octanol–water partition coefficient (Wildman–Crippen LogP) is 7.60. The highest BCUT2D eigenvalue weighted by atomic mass is 19.4. The number of imide groups is 1. The molecule has 3 amide bonds. The Kier molecular flexibility index (Phi) is 10.6. The SMILES string of the molecule is CCCc1cc(C(O)(C(F)(F)F)C(F)(F)F)ccc1Oc1ccc(C(=O)CN2C(=O)NC(Cc3ccc4c(c3)CCO4)C2=O)c(OCc2ccccc2)c1. The molecule has 6 rings (SSSR count). The molecule has 0 aliphatic carbocycles. The molecule has 2 heterocycles. The Morgan fingerprint density at radius 3 is 2.35 bits per heavy atom. The Bertz CT molecular complexity index is 2040. The van der Waals surface area contributed by atoms with Crippen molar-refractivity contribution in [3.8, 4) is 23.0 Å². The molecule has 0 spiro atoms. The van der Waals surface area contributed by atoms with Crippen molar-refractivity contribution in [2.75, 3.05) is 13.2 Å². The fourth-order valence-electron chi connectivity index (χ4n) is 6.33. The Morgan fingerprint density at radius 2 is 1.65 bits per heavy atom. The minimum Gasteiger partial charge on any atom is -0.493 e. The number of nitrogens with zero attached hydrogens (tertiary/aromatic N) is 1. The number of nitrogens with one attached hydrogen (secondary N) is 1. The summed E-state index contributed by atoms with van der Waals surface area (Å²) in [5.74, 6) is -0.585. The summed E-state index contributed by atoms with van der Waals surface area (Å²) in [6, 6.07) is 18.7. The molecule has 0 bridgehead atoms. The molecule has 4 aromatic rings. The van der Waals surface area contributed by atoms with Gasteiger partial charge in [-0.1, -0.05) is 61.9 Å². The van der Waals surface area contributed by atoms with Crippen LogP contribution in [0.5, 0.6) is 23.0 Å². The summed E-state index contributed by atoms with van der Waals surface area (Å²) in [5, 5.41) is 12.6. The van der Waals surface area contributed by atoms with Crippen LogP contribution in [0.4, 0.5) is 31.1 Å². The first-order valence-electron chi connectivity index (χ1n) is 17.0. The minimum atomic E-state index is -6.07. The van der Waals surface area contributed by atoms with E-state index in [-0.39, 0.29) is 47.8 Å². The van der Waals surface area contributed by atoms with E-state index >= 15 is 0 Å². The van der Waals surface area contributed by atoms with Crippen molar-refractivity contribution < 1.29 is 60.0 Å². The van der Waals surface area contributed by atoms with Crippen LogP contribution in [0, 0.1) is 0 Å². The summed E-state index contributed by atoms with van der Waals surface area (Å²) in [4.78, 5) is 40.8. The van der Waals surface area contributed by atoms with Crippen molar-refractivity contribution in [3.63, 3.8) is 0 Å². The topological polar surface area (TPSA) is 114 Å². The number of rotatable bonds is 13. The molecule has 1 atom stereocenters. The number of fused-ring (bicyclic) bond motifs is 1. The lowest BCUT2D eigenvalue weighted by atomic mass is 9.90. The third kappa shape index (κ3) is 7.72. The maximum Gasteiger partial charge on any atom is 0.430 e.